The van der Waals surface area contributed by atoms with Crippen molar-refractivity contribution in [2.45, 2.75) is 66.0 Å². The van der Waals surface area contributed by atoms with E-state index in [2.05, 4.69) is 60.6 Å². The Balaban J connectivity index is 1.28. The minimum atomic E-state index is -0.380. The Kier molecular flexibility index (Phi) is 8.06. The lowest BCUT2D eigenvalue weighted by molar-refractivity contribution is -0.122. The predicted molar refractivity (Wildman–Crippen MR) is 152 cm³/mol. The fourth-order valence-electron chi connectivity index (χ4n) is 5.08. The highest BCUT2D eigenvalue weighted by Gasteiger charge is 2.24. The van der Waals surface area contributed by atoms with Crippen molar-refractivity contribution in [3.63, 3.8) is 0 Å². The van der Waals surface area contributed by atoms with Crippen molar-refractivity contribution in [2.24, 2.45) is 0 Å². The second kappa shape index (κ2) is 11.2. The summed E-state index contributed by atoms with van der Waals surface area (Å²) in [4.78, 5) is 15.4. The number of carbonyl (C=O) groups excluding carboxylic acids is 1. The second-order valence-corrected chi connectivity index (χ2v) is 10.4. The van der Waals surface area contributed by atoms with E-state index in [0.29, 0.717) is 0 Å². The SMILES string of the molecule is Cc1c(C)c(C)c(NC(C)C(=O)NC2CCN(c3ccc(Cc4ccc(F)cc4)cc3)CC2)c(N)c1C. The summed E-state index contributed by atoms with van der Waals surface area (Å²) in [6.45, 7) is 11.9. The normalized spacial score (nSPS) is 14.9. The van der Waals surface area contributed by atoms with Crippen LogP contribution in [0.15, 0.2) is 48.5 Å². The zero-order valence-corrected chi connectivity index (χ0v) is 22.6. The van der Waals surface area contributed by atoms with Crippen molar-refractivity contribution >= 4 is 23.0 Å². The molecule has 4 N–H and O–H groups in total. The summed E-state index contributed by atoms with van der Waals surface area (Å²) in [5.74, 6) is -0.209. The van der Waals surface area contributed by atoms with Crippen molar-refractivity contribution in [3.05, 3.63) is 87.7 Å². The lowest BCUT2D eigenvalue weighted by Crippen LogP contribution is -2.48. The number of anilines is 3. The van der Waals surface area contributed by atoms with Crippen LogP contribution in [0.3, 0.4) is 0 Å². The Morgan fingerprint density at radius 2 is 1.46 bits per heavy atom. The molecule has 1 atom stereocenters. The Morgan fingerprint density at radius 3 is 2.05 bits per heavy atom. The minimum absolute atomic E-state index is 0.00160. The number of nitrogens with two attached hydrogens (primary N) is 1. The molecule has 1 heterocycles. The van der Waals surface area contributed by atoms with Crippen LogP contribution in [0.4, 0.5) is 21.5 Å². The predicted octanol–water partition coefficient (Wildman–Crippen LogP) is 5.82. The number of carbonyl (C=O) groups is 1. The number of halogens is 1. The molecule has 0 saturated carbocycles. The standard InChI is InChI=1S/C31H39FN4O/c1-19-20(2)22(4)30(29(33)21(19)3)34-23(5)31(37)35-27-14-16-36(17-15-27)28-12-8-25(9-13-28)18-24-6-10-26(32)11-7-24/h6-13,23,27,34H,14-18,33H2,1-5H3,(H,35,37). The van der Waals surface area contributed by atoms with Crippen molar-refractivity contribution in [3.8, 4) is 0 Å². The third-order valence-corrected chi connectivity index (χ3v) is 7.95. The Hall–Kier alpha value is -3.54. The Morgan fingerprint density at radius 1 is 0.919 bits per heavy atom. The van der Waals surface area contributed by atoms with Gasteiger partial charge in [-0.25, -0.2) is 4.39 Å². The molecular formula is C31H39FN4O. The van der Waals surface area contributed by atoms with Gasteiger partial charge in [0.05, 0.1) is 11.4 Å². The van der Waals surface area contributed by atoms with Crippen LogP contribution in [-0.4, -0.2) is 31.1 Å². The number of nitrogens with one attached hydrogen (secondary N) is 2. The molecule has 6 heteroatoms. The van der Waals surface area contributed by atoms with Crippen molar-refractivity contribution < 1.29 is 9.18 Å². The highest BCUT2D eigenvalue weighted by atomic mass is 19.1. The van der Waals surface area contributed by atoms with Crippen LogP contribution in [-0.2, 0) is 11.2 Å². The Bertz CT molecular complexity index is 1220. The van der Waals surface area contributed by atoms with E-state index in [1.165, 1.54) is 34.5 Å². The van der Waals surface area contributed by atoms with E-state index in [-0.39, 0.29) is 23.8 Å². The van der Waals surface area contributed by atoms with Gasteiger partial charge in [-0.05, 0) is 112 Å². The zero-order valence-electron chi connectivity index (χ0n) is 22.6. The molecule has 196 valence electrons. The van der Waals surface area contributed by atoms with Gasteiger partial charge < -0.3 is 21.3 Å². The monoisotopic (exact) mass is 502 g/mol. The number of rotatable bonds is 7. The van der Waals surface area contributed by atoms with Gasteiger partial charge in [0, 0.05) is 24.8 Å². The first-order chi connectivity index (χ1) is 17.6. The molecule has 4 rings (SSSR count). The molecule has 37 heavy (non-hydrogen) atoms. The lowest BCUT2D eigenvalue weighted by atomic mass is 9.95. The smallest absolute Gasteiger partial charge is 0.242 e. The third kappa shape index (κ3) is 6.07. The van der Waals surface area contributed by atoms with Crippen molar-refractivity contribution in [1.82, 2.24) is 5.32 Å². The Labute approximate surface area is 220 Å². The van der Waals surface area contributed by atoms with Gasteiger partial charge in [-0.2, -0.15) is 0 Å². The summed E-state index contributed by atoms with van der Waals surface area (Å²) in [6, 6.07) is 15.0. The molecule has 1 aliphatic heterocycles. The van der Waals surface area contributed by atoms with Gasteiger partial charge in [-0.1, -0.05) is 24.3 Å². The maximum Gasteiger partial charge on any atom is 0.242 e. The molecule has 0 aromatic heterocycles. The number of hydrogen-bond acceptors (Lipinski definition) is 4. The highest BCUT2D eigenvalue weighted by Crippen LogP contribution is 2.33. The third-order valence-electron chi connectivity index (χ3n) is 7.95. The molecule has 5 nitrogen and oxygen atoms in total. The molecule has 1 saturated heterocycles. The molecular weight excluding hydrogens is 463 g/mol. The second-order valence-electron chi connectivity index (χ2n) is 10.4. The van der Waals surface area contributed by atoms with Crippen LogP contribution in [0.2, 0.25) is 0 Å². The lowest BCUT2D eigenvalue weighted by Gasteiger charge is -2.34. The van der Waals surface area contributed by atoms with Gasteiger partial charge in [0.1, 0.15) is 11.9 Å². The van der Waals surface area contributed by atoms with Crippen LogP contribution >= 0.6 is 0 Å². The van der Waals surface area contributed by atoms with Gasteiger partial charge in [0.15, 0.2) is 0 Å². The summed E-state index contributed by atoms with van der Waals surface area (Å²) in [5.41, 5.74) is 16.0. The van der Waals surface area contributed by atoms with Crippen molar-refractivity contribution in [2.75, 3.05) is 29.0 Å². The summed E-state index contributed by atoms with van der Waals surface area (Å²) >= 11 is 0. The first-order valence-corrected chi connectivity index (χ1v) is 13.1. The van der Waals surface area contributed by atoms with Gasteiger partial charge >= 0.3 is 0 Å². The number of nitrogen functional groups attached to an aromatic ring is 1. The van der Waals surface area contributed by atoms with Crippen LogP contribution in [0.25, 0.3) is 0 Å². The first-order valence-electron chi connectivity index (χ1n) is 13.1. The summed E-state index contributed by atoms with van der Waals surface area (Å²) < 4.78 is 13.1. The van der Waals surface area contributed by atoms with Crippen LogP contribution in [0.1, 0.15) is 53.1 Å². The van der Waals surface area contributed by atoms with Gasteiger partial charge in [0.2, 0.25) is 5.91 Å². The van der Waals surface area contributed by atoms with E-state index < -0.39 is 0 Å². The molecule has 0 aliphatic carbocycles. The van der Waals surface area contributed by atoms with Gasteiger partial charge in [0.25, 0.3) is 0 Å². The summed E-state index contributed by atoms with van der Waals surface area (Å²) in [6.07, 6.45) is 2.59. The molecule has 1 aliphatic rings. The fraction of sp³-hybridized carbons (Fsp3) is 0.387. The molecule has 1 unspecified atom stereocenters. The van der Waals surface area contributed by atoms with Crippen LogP contribution < -0.4 is 21.3 Å². The average Bonchev–Trinajstić information content (AvgIpc) is 2.91. The highest BCUT2D eigenvalue weighted by molar-refractivity contribution is 5.87. The molecule has 3 aromatic rings. The van der Waals surface area contributed by atoms with Crippen LogP contribution in [0.5, 0.6) is 0 Å². The van der Waals surface area contributed by atoms with Crippen LogP contribution in [0, 0.1) is 33.5 Å². The fourth-order valence-corrected chi connectivity index (χ4v) is 5.08. The molecule has 0 radical (unpaired) electrons. The van der Waals surface area contributed by atoms with Gasteiger partial charge in [-0.15, -0.1) is 0 Å². The zero-order chi connectivity index (χ0) is 26.7. The number of benzene rings is 3. The number of hydrogen-bond donors (Lipinski definition) is 3. The molecule has 1 fully saturated rings. The molecule has 0 bridgehead atoms. The number of piperidine rings is 1. The first kappa shape index (κ1) is 26.5. The maximum absolute atomic E-state index is 13.1. The van der Waals surface area contributed by atoms with E-state index >= 15 is 0 Å². The molecule has 3 aromatic carbocycles. The molecule has 1 amide bonds. The van der Waals surface area contributed by atoms with Gasteiger partial charge in [-0.3, -0.25) is 4.79 Å². The average molecular weight is 503 g/mol. The topological polar surface area (TPSA) is 70.4 Å². The van der Waals surface area contributed by atoms with E-state index in [4.69, 9.17) is 5.73 Å². The summed E-state index contributed by atoms with van der Waals surface area (Å²) in [5, 5.41) is 6.61. The number of nitrogens with zero attached hydrogens (tertiary/aromatic N) is 1. The van der Waals surface area contributed by atoms with E-state index in [0.717, 1.165) is 60.4 Å². The summed E-state index contributed by atoms with van der Waals surface area (Å²) in [7, 11) is 0. The van der Waals surface area contributed by atoms with E-state index in [9.17, 15) is 9.18 Å². The van der Waals surface area contributed by atoms with E-state index in [1.807, 2.05) is 26.0 Å². The molecule has 0 spiro atoms. The van der Waals surface area contributed by atoms with Crippen molar-refractivity contribution in [1.29, 1.82) is 0 Å². The van der Waals surface area contributed by atoms with E-state index in [1.54, 1.807) is 0 Å². The maximum atomic E-state index is 13.1. The minimum Gasteiger partial charge on any atom is -0.397 e. The number of amides is 1. The largest absolute Gasteiger partial charge is 0.397 e. The quantitative estimate of drug-likeness (QED) is 0.356.